The van der Waals surface area contributed by atoms with E-state index in [2.05, 4.69) is 34.0 Å². The molecule has 0 aliphatic carbocycles. The highest BCUT2D eigenvalue weighted by Gasteiger charge is 2.15. The van der Waals surface area contributed by atoms with Crippen molar-refractivity contribution in [2.45, 2.75) is 32.9 Å². The molecule has 96 valence electrons. The Hall–Kier alpha value is -1.29. The lowest BCUT2D eigenvalue weighted by atomic mass is 10.1. The van der Waals surface area contributed by atoms with E-state index in [0.29, 0.717) is 12.1 Å². The maximum absolute atomic E-state index is 11.5. The molecule has 0 aliphatic rings. The number of alkyl carbamates (subject to hydrolysis) is 1. The summed E-state index contributed by atoms with van der Waals surface area (Å²) >= 11 is 2.14. The number of amides is 1. The molecule has 4 nitrogen and oxygen atoms in total. The number of nitriles is 1. The molecule has 0 spiro atoms. The molecule has 5 heteroatoms. The van der Waals surface area contributed by atoms with E-state index in [0.717, 1.165) is 9.13 Å². The third-order valence-electron chi connectivity index (χ3n) is 1.92. The summed E-state index contributed by atoms with van der Waals surface area (Å²) in [6.45, 7) is 5.78. The second-order valence-electron chi connectivity index (χ2n) is 4.82. The van der Waals surface area contributed by atoms with Gasteiger partial charge in [0.1, 0.15) is 5.60 Å². The van der Waals surface area contributed by atoms with Gasteiger partial charge in [0.2, 0.25) is 0 Å². The number of hydrogen-bond acceptors (Lipinski definition) is 3. The van der Waals surface area contributed by atoms with E-state index < -0.39 is 11.7 Å². The van der Waals surface area contributed by atoms with Crippen LogP contribution in [0.3, 0.4) is 0 Å². The molecular formula is C13H15IN2O2. The third-order valence-corrected chi connectivity index (χ3v) is 2.55. The summed E-state index contributed by atoms with van der Waals surface area (Å²) in [6, 6.07) is 7.54. The normalized spacial score (nSPS) is 10.6. The highest BCUT2D eigenvalue weighted by molar-refractivity contribution is 14.1. The topological polar surface area (TPSA) is 62.1 Å². The summed E-state index contributed by atoms with van der Waals surface area (Å²) in [4.78, 5) is 11.5. The predicted octanol–water partition coefficient (Wildman–Crippen LogP) is 3.19. The Kier molecular flexibility index (Phi) is 4.96. The van der Waals surface area contributed by atoms with Crippen molar-refractivity contribution in [3.63, 3.8) is 0 Å². The molecule has 1 N–H and O–H groups in total. The average Bonchev–Trinajstić information content (AvgIpc) is 2.23. The quantitative estimate of drug-likeness (QED) is 0.826. The van der Waals surface area contributed by atoms with Crippen molar-refractivity contribution in [2.24, 2.45) is 0 Å². The van der Waals surface area contributed by atoms with Gasteiger partial charge in [-0.3, -0.25) is 0 Å². The minimum Gasteiger partial charge on any atom is -0.444 e. The molecule has 18 heavy (non-hydrogen) atoms. The van der Waals surface area contributed by atoms with Crippen molar-refractivity contribution < 1.29 is 9.53 Å². The van der Waals surface area contributed by atoms with E-state index in [1.165, 1.54) is 0 Å². The lowest BCUT2D eigenvalue weighted by Crippen LogP contribution is -2.32. The van der Waals surface area contributed by atoms with Crippen molar-refractivity contribution in [3.05, 3.63) is 32.9 Å². The second kappa shape index (κ2) is 6.05. The van der Waals surface area contributed by atoms with Crippen molar-refractivity contribution in [1.29, 1.82) is 5.26 Å². The molecule has 0 radical (unpaired) electrons. The van der Waals surface area contributed by atoms with Gasteiger partial charge >= 0.3 is 6.09 Å². The van der Waals surface area contributed by atoms with Crippen LogP contribution >= 0.6 is 22.6 Å². The first-order valence-corrected chi connectivity index (χ1v) is 6.54. The molecule has 0 fully saturated rings. The van der Waals surface area contributed by atoms with Gasteiger partial charge in [-0.05, 0) is 67.1 Å². The van der Waals surface area contributed by atoms with Crippen LogP contribution in [0.15, 0.2) is 18.2 Å². The van der Waals surface area contributed by atoms with Crippen molar-refractivity contribution in [3.8, 4) is 6.07 Å². The Morgan fingerprint density at radius 2 is 2.11 bits per heavy atom. The average molecular weight is 358 g/mol. The number of benzene rings is 1. The number of hydrogen-bond donors (Lipinski definition) is 1. The van der Waals surface area contributed by atoms with E-state index in [9.17, 15) is 4.79 Å². The number of rotatable bonds is 2. The number of carbonyl (C=O) groups excluding carboxylic acids is 1. The van der Waals surface area contributed by atoms with E-state index in [1.54, 1.807) is 12.1 Å². The summed E-state index contributed by atoms with van der Waals surface area (Å²) < 4.78 is 6.09. The zero-order valence-corrected chi connectivity index (χ0v) is 12.7. The molecule has 1 aromatic rings. The van der Waals surface area contributed by atoms with E-state index >= 15 is 0 Å². The fraction of sp³-hybridized carbons (Fsp3) is 0.385. The SMILES string of the molecule is CC(C)(C)OC(=O)NCc1cc(I)cc(C#N)c1. The fourth-order valence-electron chi connectivity index (χ4n) is 1.31. The molecule has 0 aromatic heterocycles. The molecule has 1 aromatic carbocycles. The predicted molar refractivity (Wildman–Crippen MR) is 76.9 cm³/mol. The first kappa shape index (κ1) is 14.8. The Morgan fingerprint density at radius 1 is 1.44 bits per heavy atom. The Labute approximate surface area is 120 Å². The minimum atomic E-state index is -0.507. The Morgan fingerprint density at radius 3 is 2.67 bits per heavy atom. The lowest BCUT2D eigenvalue weighted by Gasteiger charge is -2.19. The van der Waals surface area contributed by atoms with Gasteiger partial charge in [0.15, 0.2) is 0 Å². The fourth-order valence-corrected chi connectivity index (χ4v) is 2.04. The summed E-state index contributed by atoms with van der Waals surface area (Å²) in [6.07, 6.45) is -0.458. The molecule has 0 atom stereocenters. The highest BCUT2D eigenvalue weighted by atomic mass is 127. The van der Waals surface area contributed by atoms with E-state index in [1.807, 2.05) is 26.8 Å². The standard InChI is InChI=1S/C13H15IN2O2/c1-13(2,3)18-12(17)16-8-10-4-9(7-15)5-11(14)6-10/h4-6H,8H2,1-3H3,(H,16,17). The number of ether oxygens (including phenoxy) is 1. The van der Waals surface area contributed by atoms with Gasteiger partial charge in [-0.25, -0.2) is 4.79 Å². The molecule has 1 amide bonds. The van der Waals surface area contributed by atoms with Crippen LogP contribution < -0.4 is 5.32 Å². The van der Waals surface area contributed by atoms with Crippen LogP contribution in [0.4, 0.5) is 4.79 Å². The van der Waals surface area contributed by atoms with Crippen molar-refractivity contribution in [2.75, 3.05) is 0 Å². The summed E-state index contributed by atoms with van der Waals surface area (Å²) in [7, 11) is 0. The number of nitrogens with one attached hydrogen (secondary N) is 1. The summed E-state index contributed by atoms with van der Waals surface area (Å²) in [5.41, 5.74) is 0.958. The monoisotopic (exact) mass is 358 g/mol. The van der Waals surface area contributed by atoms with Gasteiger partial charge in [0, 0.05) is 10.1 Å². The maximum atomic E-state index is 11.5. The van der Waals surface area contributed by atoms with Crippen LogP contribution in [0.5, 0.6) is 0 Å². The number of halogens is 1. The van der Waals surface area contributed by atoms with Gasteiger partial charge in [-0.2, -0.15) is 5.26 Å². The van der Waals surface area contributed by atoms with E-state index in [4.69, 9.17) is 10.00 Å². The molecule has 0 saturated heterocycles. The number of carbonyl (C=O) groups is 1. The highest BCUT2D eigenvalue weighted by Crippen LogP contribution is 2.12. The largest absolute Gasteiger partial charge is 0.444 e. The van der Waals surface area contributed by atoms with Crippen LogP contribution in [-0.4, -0.2) is 11.7 Å². The minimum absolute atomic E-state index is 0.348. The maximum Gasteiger partial charge on any atom is 0.407 e. The molecule has 0 heterocycles. The Balaban J connectivity index is 2.62. The zero-order chi connectivity index (χ0) is 13.8. The molecule has 1 rings (SSSR count). The first-order valence-electron chi connectivity index (χ1n) is 5.46. The van der Waals surface area contributed by atoms with Crippen LogP contribution in [0.25, 0.3) is 0 Å². The second-order valence-corrected chi connectivity index (χ2v) is 6.06. The molecular weight excluding hydrogens is 343 g/mol. The van der Waals surface area contributed by atoms with Gasteiger partial charge in [0.25, 0.3) is 0 Å². The van der Waals surface area contributed by atoms with E-state index in [-0.39, 0.29) is 0 Å². The zero-order valence-electron chi connectivity index (χ0n) is 10.6. The lowest BCUT2D eigenvalue weighted by molar-refractivity contribution is 0.0523. The third kappa shape index (κ3) is 5.36. The van der Waals surface area contributed by atoms with Gasteiger partial charge < -0.3 is 10.1 Å². The van der Waals surface area contributed by atoms with Crippen LogP contribution in [0.2, 0.25) is 0 Å². The summed E-state index contributed by atoms with van der Waals surface area (Å²) in [5, 5.41) is 11.5. The molecule has 0 aliphatic heterocycles. The van der Waals surface area contributed by atoms with Crippen molar-refractivity contribution in [1.82, 2.24) is 5.32 Å². The summed E-state index contributed by atoms with van der Waals surface area (Å²) in [5.74, 6) is 0. The molecule has 0 saturated carbocycles. The van der Waals surface area contributed by atoms with Gasteiger partial charge in [0.05, 0.1) is 11.6 Å². The van der Waals surface area contributed by atoms with Gasteiger partial charge in [-0.15, -0.1) is 0 Å². The molecule has 0 bridgehead atoms. The molecule has 0 unspecified atom stereocenters. The number of nitrogens with zero attached hydrogens (tertiary/aromatic N) is 1. The first-order chi connectivity index (χ1) is 8.30. The van der Waals surface area contributed by atoms with Crippen LogP contribution in [0, 0.1) is 14.9 Å². The van der Waals surface area contributed by atoms with Gasteiger partial charge in [-0.1, -0.05) is 0 Å². The van der Waals surface area contributed by atoms with Crippen LogP contribution in [-0.2, 0) is 11.3 Å². The Bertz CT molecular complexity index is 487. The van der Waals surface area contributed by atoms with Crippen molar-refractivity contribution >= 4 is 28.7 Å². The smallest absolute Gasteiger partial charge is 0.407 e. The van der Waals surface area contributed by atoms with Crippen LogP contribution in [0.1, 0.15) is 31.9 Å².